The van der Waals surface area contributed by atoms with Crippen molar-refractivity contribution in [2.45, 2.75) is 31.2 Å². The third-order valence-electron chi connectivity index (χ3n) is 3.96. The van der Waals surface area contributed by atoms with Crippen LogP contribution in [0.25, 0.3) is 0 Å². The lowest BCUT2D eigenvalue weighted by Crippen LogP contribution is -2.28. The first-order valence-corrected chi connectivity index (χ1v) is 9.91. The van der Waals surface area contributed by atoms with Crippen LogP contribution in [0.15, 0.2) is 53.4 Å². The predicted octanol–water partition coefficient (Wildman–Crippen LogP) is 3.18. The highest BCUT2D eigenvalue weighted by atomic mass is 32.2. The van der Waals surface area contributed by atoms with Crippen molar-refractivity contribution in [3.8, 4) is 0 Å². The van der Waals surface area contributed by atoms with Crippen molar-refractivity contribution >= 4 is 15.9 Å². The van der Waals surface area contributed by atoms with E-state index in [1.54, 1.807) is 24.1 Å². The van der Waals surface area contributed by atoms with Gasteiger partial charge in [0, 0.05) is 25.7 Å². The SMILES string of the molecule is CCCCN(C)C(=O)c1cccc(S(=O)(=O)NCc2ccc(F)cc2)c1. The van der Waals surface area contributed by atoms with Crippen molar-refractivity contribution in [1.82, 2.24) is 9.62 Å². The highest BCUT2D eigenvalue weighted by Gasteiger charge is 2.17. The summed E-state index contributed by atoms with van der Waals surface area (Å²) in [6.07, 6.45) is 1.86. The van der Waals surface area contributed by atoms with Crippen LogP contribution in [0.3, 0.4) is 0 Å². The van der Waals surface area contributed by atoms with E-state index >= 15 is 0 Å². The Balaban J connectivity index is 2.11. The van der Waals surface area contributed by atoms with E-state index in [9.17, 15) is 17.6 Å². The van der Waals surface area contributed by atoms with Gasteiger partial charge in [0.15, 0.2) is 0 Å². The number of benzene rings is 2. The second kappa shape index (κ2) is 8.91. The van der Waals surface area contributed by atoms with Crippen molar-refractivity contribution in [3.05, 3.63) is 65.5 Å². The van der Waals surface area contributed by atoms with Crippen molar-refractivity contribution in [2.75, 3.05) is 13.6 Å². The number of rotatable bonds is 8. The summed E-state index contributed by atoms with van der Waals surface area (Å²) in [4.78, 5) is 14.0. The lowest BCUT2D eigenvalue weighted by molar-refractivity contribution is 0.0793. The highest BCUT2D eigenvalue weighted by Crippen LogP contribution is 2.14. The lowest BCUT2D eigenvalue weighted by atomic mass is 10.2. The van der Waals surface area contributed by atoms with Crippen molar-refractivity contribution in [1.29, 1.82) is 0 Å². The molecule has 0 aromatic heterocycles. The van der Waals surface area contributed by atoms with Gasteiger partial charge in [-0.1, -0.05) is 31.5 Å². The number of hydrogen-bond acceptors (Lipinski definition) is 3. The molecule has 1 amide bonds. The largest absolute Gasteiger partial charge is 0.342 e. The lowest BCUT2D eigenvalue weighted by Gasteiger charge is -2.17. The maximum absolute atomic E-state index is 12.9. The molecule has 0 fully saturated rings. The van der Waals surface area contributed by atoms with E-state index in [0.29, 0.717) is 17.7 Å². The molecule has 7 heteroatoms. The number of unbranched alkanes of at least 4 members (excludes halogenated alkanes) is 1. The third-order valence-corrected chi connectivity index (χ3v) is 5.36. The smallest absolute Gasteiger partial charge is 0.253 e. The topological polar surface area (TPSA) is 66.5 Å². The van der Waals surface area contributed by atoms with Crippen LogP contribution in [0, 0.1) is 5.82 Å². The summed E-state index contributed by atoms with van der Waals surface area (Å²) < 4.78 is 40.3. The number of hydrogen-bond donors (Lipinski definition) is 1. The monoisotopic (exact) mass is 378 g/mol. The van der Waals surface area contributed by atoms with E-state index in [4.69, 9.17) is 0 Å². The molecule has 0 unspecified atom stereocenters. The van der Waals surface area contributed by atoms with Gasteiger partial charge in [0.1, 0.15) is 5.82 Å². The Morgan fingerprint density at radius 3 is 2.50 bits per heavy atom. The third kappa shape index (κ3) is 5.37. The molecule has 0 heterocycles. The molecule has 0 saturated heterocycles. The van der Waals surface area contributed by atoms with Gasteiger partial charge in [-0.15, -0.1) is 0 Å². The van der Waals surface area contributed by atoms with E-state index in [0.717, 1.165) is 12.8 Å². The van der Waals surface area contributed by atoms with Crippen LogP contribution in [-0.4, -0.2) is 32.8 Å². The summed E-state index contributed by atoms with van der Waals surface area (Å²) in [5, 5.41) is 0. The Labute approximate surface area is 153 Å². The molecule has 0 aliphatic rings. The molecule has 0 aliphatic carbocycles. The number of nitrogens with zero attached hydrogens (tertiary/aromatic N) is 1. The van der Waals surface area contributed by atoms with Crippen LogP contribution in [0.2, 0.25) is 0 Å². The maximum atomic E-state index is 12.9. The molecule has 5 nitrogen and oxygen atoms in total. The molecule has 0 bridgehead atoms. The molecular weight excluding hydrogens is 355 g/mol. The van der Waals surface area contributed by atoms with E-state index in [1.165, 1.54) is 36.4 Å². The second-order valence-corrected chi connectivity index (χ2v) is 7.83. The fourth-order valence-electron chi connectivity index (χ4n) is 2.38. The zero-order valence-electron chi connectivity index (χ0n) is 14.9. The van der Waals surface area contributed by atoms with E-state index in [1.807, 2.05) is 6.92 Å². The Morgan fingerprint density at radius 2 is 1.85 bits per heavy atom. The molecule has 26 heavy (non-hydrogen) atoms. The molecule has 2 rings (SSSR count). The summed E-state index contributed by atoms with van der Waals surface area (Å²) in [6.45, 7) is 2.70. The van der Waals surface area contributed by atoms with Crippen LogP contribution in [0.4, 0.5) is 4.39 Å². The zero-order chi connectivity index (χ0) is 19.2. The first-order valence-electron chi connectivity index (χ1n) is 8.43. The summed E-state index contributed by atoms with van der Waals surface area (Å²) in [6, 6.07) is 11.5. The minimum Gasteiger partial charge on any atom is -0.342 e. The summed E-state index contributed by atoms with van der Waals surface area (Å²) in [5.41, 5.74) is 0.967. The summed E-state index contributed by atoms with van der Waals surface area (Å²) in [7, 11) is -2.08. The van der Waals surface area contributed by atoms with Crippen molar-refractivity contribution in [3.63, 3.8) is 0 Å². The number of carbonyl (C=O) groups is 1. The number of nitrogens with one attached hydrogen (secondary N) is 1. The number of carbonyl (C=O) groups excluding carboxylic acids is 1. The molecule has 1 N–H and O–H groups in total. The first kappa shape index (κ1) is 20.1. The fraction of sp³-hybridized carbons (Fsp3) is 0.316. The van der Waals surface area contributed by atoms with Gasteiger partial charge in [-0.05, 0) is 42.3 Å². The van der Waals surface area contributed by atoms with E-state index in [-0.39, 0.29) is 23.2 Å². The van der Waals surface area contributed by atoms with Gasteiger partial charge in [0.25, 0.3) is 5.91 Å². The second-order valence-electron chi connectivity index (χ2n) is 6.06. The first-order chi connectivity index (χ1) is 12.3. The van der Waals surface area contributed by atoms with Crippen LogP contribution < -0.4 is 4.72 Å². The minimum atomic E-state index is -3.78. The predicted molar refractivity (Wildman–Crippen MR) is 98.7 cm³/mol. The molecule has 0 atom stereocenters. The average Bonchev–Trinajstić information content (AvgIpc) is 2.65. The standard InChI is InChI=1S/C19H23FN2O3S/c1-3-4-12-22(2)19(23)16-6-5-7-18(13-16)26(24,25)21-14-15-8-10-17(20)11-9-15/h5-11,13,21H,3-4,12,14H2,1-2H3. The molecule has 2 aromatic rings. The van der Waals surface area contributed by atoms with Gasteiger partial charge >= 0.3 is 0 Å². The zero-order valence-corrected chi connectivity index (χ0v) is 15.7. The number of halogens is 1. The van der Waals surface area contributed by atoms with Gasteiger partial charge in [0.2, 0.25) is 10.0 Å². The Hall–Kier alpha value is -2.25. The quantitative estimate of drug-likeness (QED) is 0.767. The average molecular weight is 378 g/mol. The minimum absolute atomic E-state index is 0.0225. The van der Waals surface area contributed by atoms with Crippen molar-refractivity contribution in [2.24, 2.45) is 0 Å². The Bertz CT molecular complexity index is 851. The Morgan fingerprint density at radius 1 is 1.15 bits per heavy atom. The van der Waals surface area contributed by atoms with Crippen LogP contribution in [0.5, 0.6) is 0 Å². The van der Waals surface area contributed by atoms with Crippen LogP contribution >= 0.6 is 0 Å². The molecule has 0 saturated carbocycles. The van der Waals surface area contributed by atoms with E-state index < -0.39 is 10.0 Å². The van der Waals surface area contributed by atoms with Crippen LogP contribution in [0.1, 0.15) is 35.7 Å². The van der Waals surface area contributed by atoms with Gasteiger partial charge in [-0.3, -0.25) is 4.79 Å². The maximum Gasteiger partial charge on any atom is 0.253 e. The molecule has 0 spiro atoms. The molecule has 0 radical (unpaired) electrons. The van der Waals surface area contributed by atoms with Gasteiger partial charge in [0.05, 0.1) is 4.90 Å². The summed E-state index contributed by atoms with van der Waals surface area (Å²) in [5.74, 6) is -0.593. The Kier molecular flexibility index (Phi) is 6.88. The van der Waals surface area contributed by atoms with Gasteiger partial charge in [-0.2, -0.15) is 0 Å². The highest BCUT2D eigenvalue weighted by molar-refractivity contribution is 7.89. The molecule has 2 aromatic carbocycles. The molecule has 0 aliphatic heterocycles. The fourth-order valence-corrected chi connectivity index (χ4v) is 3.44. The number of amides is 1. The van der Waals surface area contributed by atoms with Gasteiger partial charge in [-0.25, -0.2) is 17.5 Å². The number of sulfonamides is 1. The molecular formula is C19H23FN2O3S. The normalized spacial score (nSPS) is 11.3. The summed E-state index contributed by atoms with van der Waals surface area (Å²) >= 11 is 0. The van der Waals surface area contributed by atoms with Crippen molar-refractivity contribution < 1.29 is 17.6 Å². The molecule has 140 valence electrons. The van der Waals surface area contributed by atoms with Gasteiger partial charge < -0.3 is 4.90 Å². The van der Waals surface area contributed by atoms with E-state index in [2.05, 4.69) is 4.72 Å². The van der Waals surface area contributed by atoms with Crippen LogP contribution in [-0.2, 0) is 16.6 Å².